The molecule has 0 bridgehead atoms. The summed E-state index contributed by atoms with van der Waals surface area (Å²) in [7, 11) is 0. The van der Waals surface area contributed by atoms with E-state index in [2.05, 4.69) is 34.6 Å². The second-order valence-electron chi connectivity index (χ2n) is 4.12. The van der Waals surface area contributed by atoms with Gasteiger partial charge in [0.15, 0.2) is 0 Å². The van der Waals surface area contributed by atoms with Crippen LogP contribution in [0.15, 0.2) is 36.7 Å². The van der Waals surface area contributed by atoms with Crippen molar-refractivity contribution in [3.8, 4) is 17.2 Å². The Labute approximate surface area is 99.7 Å². The average molecular weight is 221 g/mol. The molecule has 0 saturated heterocycles. The number of aromatic nitrogens is 1. The van der Waals surface area contributed by atoms with Gasteiger partial charge in [0.25, 0.3) is 0 Å². The summed E-state index contributed by atoms with van der Waals surface area (Å²) >= 11 is 0. The minimum absolute atomic E-state index is 0.598. The fourth-order valence-electron chi connectivity index (χ4n) is 2.14. The summed E-state index contributed by atoms with van der Waals surface area (Å²) in [6.07, 6.45) is 4.44. The molecule has 1 aliphatic heterocycles. The number of hydrogen-bond acceptors (Lipinski definition) is 3. The third-order valence-electron chi connectivity index (χ3n) is 3.02. The zero-order valence-electron chi connectivity index (χ0n) is 9.27. The molecule has 17 heavy (non-hydrogen) atoms. The van der Waals surface area contributed by atoms with E-state index in [-0.39, 0.29) is 0 Å². The Balaban J connectivity index is 2.07. The molecule has 2 heterocycles. The highest BCUT2D eigenvalue weighted by molar-refractivity contribution is 5.70. The van der Waals surface area contributed by atoms with Gasteiger partial charge in [-0.1, -0.05) is 6.07 Å². The van der Waals surface area contributed by atoms with Crippen LogP contribution in [0.3, 0.4) is 0 Å². The first-order valence-corrected chi connectivity index (χ1v) is 5.59. The van der Waals surface area contributed by atoms with Gasteiger partial charge < -0.3 is 5.32 Å². The summed E-state index contributed by atoms with van der Waals surface area (Å²) in [4.78, 5) is 4.09. The summed E-state index contributed by atoms with van der Waals surface area (Å²) in [5.41, 5.74) is 5.28. The van der Waals surface area contributed by atoms with Crippen LogP contribution in [0.1, 0.15) is 11.1 Å². The van der Waals surface area contributed by atoms with Gasteiger partial charge in [-0.05, 0) is 35.7 Å². The first kappa shape index (κ1) is 9.86. The van der Waals surface area contributed by atoms with Crippen molar-refractivity contribution in [3.63, 3.8) is 0 Å². The van der Waals surface area contributed by atoms with Crippen LogP contribution in [0.25, 0.3) is 11.1 Å². The largest absolute Gasteiger partial charge is 0.384 e. The van der Waals surface area contributed by atoms with Gasteiger partial charge in [0.05, 0.1) is 5.56 Å². The van der Waals surface area contributed by atoms with E-state index in [0.717, 1.165) is 24.1 Å². The Hall–Kier alpha value is -2.34. The van der Waals surface area contributed by atoms with E-state index >= 15 is 0 Å². The van der Waals surface area contributed by atoms with E-state index in [0.29, 0.717) is 5.56 Å². The van der Waals surface area contributed by atoms with Crippen LogP contribution in [0, 0.1) is 11.3 Å². The maximum absolute atomic E-state index is 8.86. The molecule has 1 aromatic carbocycles. The van der Waals surface area contributed by atoms with Crippen LogP contribution in [0.5, 0.6) is 0 Å². The second-order valence-corrected chi connectivity index (χ2v) is 4.12. The van der Waals surface area contributed by atoms with Gasteiger partial charge in [0, 0.05) is 30.2 Å². The summed E-state index contributed by atoms with van der Waals surface area (Å²) in [5.74, 6) is 0. The van der Waals surface area contributed by atoms with Crippen LogP contribution in [0.4, 0.5) is 5.69 Å². The van der Waals surface area contributed by atoms with Crippen molar-refractivity contribution < 1.29 is 0 Å². The average Bonchev–Trinajstić information content (AvgIpc) is 2.86. The van der Waals surface area contributed by atoms with E-state index < -0.39 is 0 Å². The zero-order chi connectivity index (χ0) is 11.7. The monoisotopic (exact) mass is 221 g/mol. The van der Waals surface area contributed by atoms with Gasteiger partial charge in [0.2, 0.25) is 0 Å². The van der Waals surface area contributed by atoms with Crippen molar-refractivity contribution in [2.24, 2.45) is 0 Å². The molecule has 3 heteroatoms. The van der Waals surface area contributed by atoms with Gasteiger partial charge in [-0.2, -0.15) is 5.26 Å². The highest BCUT2D eigenvalue weighted by Crippen LogP contribution is 2.28. The van der Waals surface area contributed by atoms with Gasteiger partial charge >= 0.3 is 0 Å². The van der Waals surface area contributed by atoms with Gasteiger partial charge in [-0.3, -0.25) is 4.98 Å². The molecule has 0 amide bonds. The number of fused-ring (bicyclic) bond motifs is 1. The van der Waals surface area contributed by atoms with Crippen LogP contribution in [-0.4, -0.2) is 11.5 Å². The highest BCUT2D eigenvalue weighted by atomic mass is 14.9. The van der Waals surface area contributed by atoms with E-state index in [9.17, 15) is 0 Å². The van der Waals surface area contributed by atoms with Crippen LogP contribution >= 0.6 is 0 Å². The van der Waals surface area contributed by atoms with Gasteiger partial charge in [-0.25, -0.2) is 0 Å². The number of hydrogen-bond donors (Lipinski definition) is 1. The molecule has 1 N–H and O–H groups in total. The lowest BCUT2D eigenvalue weighted by atomic mass is 10.0. The minimum Gasteiger partial charge on any atom is -0.384 e. The predicted octanol–water partition coefficient (Wildman–Crippen LogP) is 2.59. The molecule has 0 spiro atoms. The van der Waals surface area contributed by atoms with Crippen LogP contribution in [-0.2, 0) is 6.42 Å². The molecule has 1 aliphatic rings. The lowest BCUT2D eigenvalue weighted by molar-refractivity contribution is 1.11. The van der Waals surface area contributed by atoms with Crippen molar-refractivity contribution in [3.05, 3.63) is 47.8 Å². The van der Waals surface area contributed by atoms with Crippen molar-refractivity contribution in [1.82, 2.24) is 4.98 Å². The molecule has 0 saturated carbocycles. The lowest BCUT2D eigenvalue weighted by Gasteiger charge is -2.04. The molecule has 2 aromatic rings. The lowest BCUT2D eigenvalue weighted by Crippen LogP contribution is -1.90. The van der Waals surface area contributed by atoms with Crippen molar-refractivity contribution in [2.45, 2.75) is 6.42 Å². The third kappa shape index (κ3) is 1.74. The number of nitriles is 1. The Morgan fingerprint density at radius 2 is 2.12 bits per heavy atom. The molecule has 82 valence electrons. The second kappa shape index (κ2) is 3.91. The summed E-state index contributed by atoms with van der Waals surface area (Å²) < 4.78 is 0. The van der Waals surface area contributed by atoms with E-state index in [1.165, 1.54) is 11.3 Å². The Morgan fingerprint density at radius 3 is 3.00 bits per heavy atom. The summed E-state index contributed by atoms with van der Waals surface area (Å²) in [5, 5.41) is 12.2. The first-order valence-electron chi connectivity index (χ1n) is 5.59. The van der Waals surface area contributed by atoms with E-state index in [1.54, 1.807) is 12.4 Å². The van der Waals surface area contributed by atoms with Crippen molar-refractivity contribution >= 4 is 5.69 Å². The Morgan fingerprint density at radius 1 is 1.18 bits per heavy atom. The summed E-state index contributed by atoms with van der Waals surface area (Å²) in [6, 6.07) is 10.3. The highest BCUT2D eigenvalue weighted by Gasteiger charge is 2.10. The number of anilines is 1. The molecule has 0 radical (unpaired) electrons. The zero-order valence-corrected chi connectivity index (χ0v) is 9.27. The molecule has 3 rings (SSSR count). The topological polar surface area (TPSA) is 48.7 Å². The first-order chi connectivity index (χ1) is 8.36. The molecular weight excluding hydrogens is 210 g/mol. The number of nitrogens with one attached hydrogen (secondary N) is 1. The van der Waals surface area contributed by atoms with Crippen LogP contribution in [0.2, 0.25) is 0 Å². The van der Waals surface area contributed by atoms with Crippen molar-refractivity contribution in [2.75, 3.05) is 11.9 Å². The Bertz CT molecular complexity index is 611. The Kier molecular flexibility index (Phi) is 2.27. The number of pyridine rings is 1. The molecule has 0 unspecified atom stereocenters. The van der Waals surface area contributed by atoms with Gasteiger partial charge in [-0.15, -0.1) is 0 Å². The molecule has 3 nitrogen and oxygen atoms in total. The number of nitrogens with zero attached hydrogens (tertiary/aromatic N) is 2. The maximum atomic E-state index is 8.86. The maximum Gasteiger partial charge on any atom is 0.101 e. The van der Waals surface area contributed by atoms with Crippen molar-refractivity contribution in [1.29, 1.82) is 5.26 Å². The number of rotatable bonds is 1. The molecule has 0 aliphatic carbocycles. The normalized spacial score (nSPS) is 12.6. The van der Waals surface area contributed by atoms with E-state index in [4.69, 9.17) is 5.26 Å². The minimum atomic E-state index is 0.598. The SMILES string of the molecule is N#Cc1cncc(-c2ccc3c(c2)CCN3)c1. The predicted molar refractivity (Wildman–Crippen MR) is 66.6 cm³/mol. The molecule has 0 atom stereocenters. The molecule has 1 aromatic heterocycles. The smallest absolute Gasteiger partial charge is 0.101 e. The standard InChI is InChI=1S/C14H11N3/c15-7-10-5-13(9-16-8-10)11-1-2-14-12(6-11)3-4-17-14/h1-2,5-6,8-9,17H,3-4H2. The molecular formula is C14H11N3. The van der Waals surface area contributed by atoms with Crippen LogP contribution < -0.4 is 5.32 Å². The summed E-state index contributed by atoms with van der Waals surface area (Å²) in [6.45, 7) is 1.01. The third-order valence-corrected chi connectivity index (χ3v) is 3.02. The molecule has 0 fully saturated rings. The van der Waals surface area contributed by atoms with E-state index in [1.807, 2.05) is 6.07 Å². The fourth-order valence-corrected chi connectivity index (χ4v) is 2.14. The fraction of sp³-hybridized carbons (Fsp3) is 0.143. The number of benzene rings is 1. The quantitative estimate of drug-likeness (QED) is 0.805. The van der Waals surface area contributed by atoms with Gasteiger partial charge in [0.1, 0.15) is 6.07 Å².